The van der Waals surface area contributed by atoms with Gasteiger partial charge in [-0.05, 0) is 17.9 Å². The maximum absolute atomic E-state index is 13.5. The Hall–Kier alpha value is -2.91. The molecule has 0 N–H and O–H groups in total. The highest BCUT2D eigenvalue weighted by molar-refractivity contribution is 5.75. The molecule has 1 fully saturated rings. The molecular weight excluding hydrogens is 420 g/mol. The molecule has 9 heteroatoms. The number of aromatic nitrogens is 4. The van der Waals surface area contributed by atoms with Gasteiger partial charge in [0.2, 0.25) is 5.95 Å². The van der Waals surface area contributed by atoms with E-state index in [0.29, 0.717) is 43.4 Å². The summed E-state index contributed by atoms with van der Waals surface area (Å²) in [6, 6.07) is 10.4. The highest BCUT2D eigenvalue weighted by Crippen LogP contribution is 2.27. The van der Waals surface area contributed by atoms with Crippen LogP contribution in [0.1, 0.15) is 12.5 Å². The first-order valence-electron chi connectivity index (χ1n) is 11.8. The third kappa shape index (κ3) is 4.22. The number of hydrogen-bond acceptors (Lipinski definition) is 6. The second-order valence-electron chi connectivity index (χ2n) is 9.23. The Morgan fingerprint density at radius 2 is 1.79 bits per heavy atom. The molecule has 0 saturated carbocycles. The number of hydrogen-bond donors (Lipinski definition) is 0. The summed E-state index contributed by atoms with van der Waals surface area (Å²) in [5, 5.41) is 0. The van der Waals surface area contributed by atoms with E-state index in [2.05, 4.69) is 41.0 Å². The number of nitrogens with zero attached hydrogens (tertiary/aromatic N) is 6. The van der Waals surface area contributed by atoms with E-state index in [4.69, 9.17) is 9.72 Å². The quantitative estimate of drug-likeness (QED) is 0.554. The fraction of sp³-hybridized carbons (Fsp3) is 0.542. The van der Waals surface area contributed by atoms with Crippen LogP contribution in [0, 0.1) is 5.92 Å². The van der Waals surface area contributed by atoms with E-state index >= 15 is 0 Å². The molecule has 33 heavy (non-hydrogen) atoms. The molecular formula is C24H32N6O3. The van der Waals surface area contributed by atoms with Crippen molar-refractivity contribution in [2.24, 2.45) is 13.0 Å². The average Bonchev–Trinajstić information content (AvgIpc) is 3.22. The van der Waals surface area contributed by atoms with E-state index in [1.807, 2.05) is 10.6 Å². The van der Waals surface area contributed by atoms with Crippen LogP contribution < -0.4 is 16.1 Å². The number of anilines is 1. The number of ether oxygens (including phenoxy) is 1. The minimum atomic E-state index is -0.305. The lowest BCUT2D eigenvalue weighted by atomic mass is 10.1. The Balaban J connectivity index is 1.49. The molecule has 3 aromatic rings. The second kappa shape index (κ2) is 9.15. The van der Waals surface area contributed by atoms with Gasteiger partial charge in [-0.25, -0.2) is 4.79 Å². The third-order valence-corrected chi connectivity index (χ3v) is 6.78. The largest absolute Gasteiger partial charge is 0.379 e. The molecule has 2 aromatic heterocycles. The molecule has 5 rings (SSSR count). The van der Waals surface area contributed by atoms with Gasteiger partial charge in [0.15, 0.2) is 11.2 Å². The Bertz CT molecular complexity index is 1240. The summed E-state index contributed by atoms with van der Waals surface area (Å²) in [6.07, 6.45) is 0.902. The van der Waals surface area contributed by atoms with E-state index < -0.39 is 0 Å². The summed E-state index contributed by atoms with van der Waals surface area (Å²) in [4.78, 5) is 35.9. The summed E-state index contributed by atoms with van der Waals surface area (Å²) >= 11 is 0. The van der Waals surface area contributed by atoms with Crippen molar-refractivity contribution < 1.29 is 4.74 Å². The summed E-state index contributed by atoms with van der Waals surface area (Å²) in [6.45, 7) is 8.69. The Kier molecular flexibility index (Phi) is 6.07. The molecule has 0 aliphatic carbocycles. The summed E-state index contributed by atoms with van der Waals surface area (Å²) in [7, 11) is 1.71. The normalized spacial score (nSPS) is 19.2. The Labute approximate surface area is 192 Å². The van der Waals surface area contributed by atoms with Crippen molar-refractivity contribution >= 4 is 17.1 Å². The van der Waals surface area contributed by atoms with E-state index in [9.17, 15) is 9.59 Å². The van der Waals surface area contributed by atoms with Crippen LogP contribution in [0.2, 0.25) is 0 Å². The van der Waals surface area contributed by atoms with Gasteiger partial charge in [-0.1, -0.05) is 37.3 Å². The van der Waals surface area contributed by atoms with Gasteiger partial charge in [0, 0.05) is 52.9 Å². The van der Waals surface area contributed by atoms with Gasteiger partial charge >= 0.3 is 5.69 Å². The fourth-order valence-electron chi connectivity index (χ4n) is 4.97. The van der Waals surface area contributed by atoms with E-state index in [0.717, 1.165) is 45.1 Å². The lowest BCUT2D eigenvalue weighted by Crippen LogP contribution is -2.45. The fourth-order valence-corrected chi connectivity index (χ4v) is 4.97. The zero-order valence-corrected chi connectivity index (χ0v) is 19.4. The van der Waals surface area contributed by atoms with Crippen LogP contribution in [0.4, 0.5) is 5.95 Å². The molecule has 0 spiro atoms. The predicted octanol–water partition coefficient (Wildman–Crippen LogP) is 0.928. The summed E-state index contributed by atoms with van der Waals surface area (Å²) in [5.74, 6) is 1.17. The Morgan fingerprint density at radius 1 is 1.03 bits per heavy atom. The van der Waals surface area contributed by atoms with Crippen molar-refractivity contribution in [1.82, 2.24) is 23.6 Å². The predicted molar refractivity (Wildman–Crippen MR) is 128 cm³/mol. The monoisotopic (exact) mass is 452 g/mol. The molecule has 1 aromatic carbocycles. The smallest absolute Gasteiger partial charge is 0.332 e. The maximum Gasteiger partial charge on any atom is 0.332 e. The topological polar surface area (TPSA) is 77.5 Å². The molecule has 176 valence electrons. The first-order valence-corrected chi connectivity index (χ1v) is 11.8. The molecule has 2 aliphatic heterocycles. The standard InChI is InChI=1S/C24H32N6O3/c1-18-16-28(9-8-19-6-4-3-5-7-19)23-25-21-20(30(23)17-18)22(31)29(24(32)26(21)2)11-10-27-12-14-33-15-13-27/h3-7,18H,8-17H2,1-2H3. The number of fused-ring (bicyclic) bond motifs is 3. The van der Waals surface area contributed by atoms with E-state index in [-0.39, 0.29) is 11.2 Å². The van der Waals surface area contributed by atoms with Crippen LogP contribution in [-0.4, -0.2) is 69.5 Å². The van der Waals surface area contributed by atoms with Crippen LogP contribution in [-0.2, 0) is 31.3 Å². The van der Waals surface area contributed by atoms with Crippen LogP contribution in [0.5, 0.6) is 0 Å². The lowest BCUT2D eigenvalue weighted by Gasteiger charge is -2.33. The van der Waals surface area contributed by atoms with Crippen LogP contribution in [0.15, 0.2) is 39.9 Å². The zero-order valence-electron chi connectivity index (χ0n) is 19.4. The SMILES string of the molecule is CC1CN(CCc2ccccc2)c2nc3c(c(=O)n(CCN4CCOCC4)c(=O)n3C)n2C1. The average molecular weight is 453 g/mol. The lowest BCUT2D eigenvalue weighted by molar-refractivity contribution is 0.0361. The highest BCUT2D eigenvalue weighted by Gasteiger charge is 2.29. The molecule has 2 aliphatic rings. The minimum absolute atomic E-state index is 0.239. The summed E-state index contributed by atoms with van der Waals surface area (Å²) < 4.78 is 10.3. The van der Waals surface area contributed by atoms with Crippen molar-refractivity contribution in [3.05, 3.63) is 56.7 Å². The number of morpholine rings is 1. The van der Waals surface area contributed by atoms with Gasteiger partial charge < -0.3 is 14.2 Å². The molecule has 0 radical (unpaired) electrons. The first kappa shape index (κ1) is 21.9. The van der Waals surface area contributed by atoms with Crippen LogP contribution >= 0.6 is 0 Å². The van der Waals surface area contributed by atoms with E-state index in [1.54, 1.807) is 7.05 Å². The van der Waals surface area contributed by atoms with Crippen molar-refractivity contribution in [2.75, 3.05) is 50.8 Å². The van der Waals surface area contributed by atoms with E-state index in [1.165, 1.54) is 14.7 Å². The minimum Gasteiger partial charge on any atom is -0.379 e. The van der Waals surface area contributed by atoms with Gasteiger partial charge in [0.05, 0.1) is 13.2 Å². The molecule has 1 atom stereocenters. The maximum atomic E-state index is 13.5. The Morgan fingerprint density at radius 3 is 2.55 bits per heavy atom. The van der Waals surface area contributed by atoms with Crippen LogP contribution in [0.25, 0.3) is 11.2 Å². The van der Waals surface area contributed by atoms with Crippen molar-refractivity contribution in [3.63, 3.8) is 0 Å². The highest BCUT2D eigenvalue weighted by atomic mass is 16.5. The molecule has 0 bridgehead atoms. The number of benzene rings is 1. The zero-order chi connectivity index (χ0) is 22.9. The molecule has 0 amide bonds. The summed E-state index contributed by atoms with van der Waals surface area (Å²) in [5.41, 5.74) is 1.74. The number of imidazole rings is 1. The third-order valence-electron chi connectivity index (χ3n) is 6.78. The molecule has 9 nitrogen and oxygen atoms in total. The molecule has 4 heterocycles. The van der Waals surface area contributed by atoms with Crippen molar-refractivity contribution in [2.45, 2.75) is 26.4 Å². The van der Waals surface area contributed by atoms with Crippen LogP contribution in [0.3, 0.4) is 0 Å². The molecule has 1 saturated heterocycles. The van der Waals surface area contributed by atoms with Gasteiger partial charge in [0.1, 0.15) is 0 Å². The number of rotatable bonds is 6. The first-order chi connectivity index (χ1) is 16.0. The van der Waals surface area contributed by atoms with Gasteiger partial charge in [0.25, 0.3) is 5.56 Å². The molecule has 1 unspecified atom stereocenters. The second-order valence-corrected chi connectivity index (χ2v) is 9.23. The number of aryl methyl sites for hydroxylation is 1. The van der Waals surface area contributed by atoms with Crippen molar-refractivity contribution in [3.8, 4) is 0 Å². The van der Waals surface area contributed by atoms with Gasteiger partial charge in [-0.3, -0.25) is 18.8 Å². The van der Waals surface area contributed by atoms with Gasteiger partial charge in [-0.15, -0.1) is 0 Å². The van der Waals surface area contributed by atoms with Gasteiger partial charge in [-0.2, -0.15) is 4.98 Å². The van der Waals surface area contributed by atoms with Crippen molar-refractivity contribution in [1.29, 1.82) is 0 Å².